The van der Waals surface area contributed by atoms with Gasteiger partial charge in [-0.15, -0.1) is 0 Å². The lowest BCUT2D eigenvalue weighted by atomic mass is 10.3. The molecule has 0 aliphatic carbocycles. The molecule has 21 heavy (non-hydrogen) atoms. The van der Waals surface area contributed by atoms with E-state index in [1.165, 1.54) is 0 Å². The van der Waals surface area contributed by atoms with Crippen LogP contribution in [0.4, 0.5) is 0 Å². The van der Waals surface area contributed by atoms with Crippen LogP contribution in [-0.4, -0.2) is 29.4 Å². The summed E-state index contributed by atoms with van der Waals surface area (Å²) in [5.74, 6) is 2.45. The lowest BCUT2D eigenvalue weighted by Gasteiger charge is -2.06. The van der Waals surface area contributed by atoms with Crippen molar-refractivity contribution in [3.05, 3.63) is 48.5 Å². The molecular formula is C16H16N2O2S. The van der Waals surface area contributed by atoms with E-state index in [2.05, 4.69) is 9.97 Å². The fourth-order valence-electron chi connectivity index (χ4n) is 1.99. The molecule has 0 fully saturated rings. The minimum absolute atomic E-state index is 0.620. The van der Waals surface area contributed by atoms with Gasteiger partial charge in [-0.1, -0.05) is 30.0 Å². The number of nitrogens with one attached hydrogen (secondary N) is 1. The summed E-state index contributed by atoms with van der Waals surface area (Å²) >= 11 is 1.65. The van der Waals surface area contributed by atoms with Gasteiger partial charge in [-0.05, 0) is 24.3 Å². The highest BCUT2D eigenvalue weighted by Crippen LogP contribution is 2.21. The number of H-pyrrole nitrogens is 1. The molecule has 0 saturated carbocycles. The smallest absolute Gasteiger partial charge is 0.166 e. The van der Waals surface area contributed by atoms with E-state index in [0.717, 1.165) is 33.4 Å². The summed E-state index contributed by atoms with van der Waals surface area (Å²) < 4.78 is 10.9. The highest BCUT2D eigenvalue weighted by molar-refractivity contribution is 7.99. The second-order valence-corrected chi connectivity index (χ2v) is 5.52. The van der Waals surface area contributed by atoms with E-state index in [1.54, 1.807) is 18.9 Å². The second kappa shape index (κ2) is 6.54. The normalized spacial score (nSPS) is 10.7. The fourth-order valence-corrected chi connectivity index (χ4v) is 2.69. The van der Waals surface area contributed by atoms with Crippen LogP contribution in [0.25, 0.3) is 11.0 Å². The second-order valence-electron chi connectivity index (χ2n) is 4.44. The molecular weight excluding hydrogens is 284 g/mol. The molecule has 2 aromatic carbocycles. The number of methoxy groups -OCH3 is 1. The number of hydrogen-bond donors (Lipinski definition) is 1. The van der Waals surface area contributed by atoms with Gasteiger partial charge in [-0.2, -0.15) is 0 Å². The Labute approximate surface area is 127 Å². The highest BCUT2D eigenvalue weighted by Gasteiger charge is 2.03. The highest BCUT2D eigenvalue weighted by atomic mass is 32.2. The zero-order valence-corrected chi connectivity index (χ0v) is 12.5. The largest absolute Gasteiger partial charge is 0.497 e. The van der Waals surface area contributed by atoms with Crippen LogP contribution in [0.5, 0.6) is 11.5 Å². The number of rotatable bonds is 6. The molecule has 0 aliphatic heterocycles. The number of ether oxygens (including phenoxy) is 2. The quantitative estimate of drug-likeness (QED) is 0.556. The Morgan fingerprint density at radius 1 is 1.10 bits per heavy atom. The average Bonchev–Trinajstić information content (AvgIpc) is 2.94. The Morgan fingerprint density at radius 2 is 1.95 bits per heavy atom. The van der Waals surface area contributed by atoms with Gasteiger partial charge in [-0.25, -0.2) is 4.98 Å². The Hall–Kier alpha value is -2.14. The molecule has 0 unspecified atom stereocenters. The number of thioether (sulfide) groups is 1. The van der Waals surface area contributed by atoms with Crippen molar-refractivity contribution in [2.75, 3.05) is 19.5 Å². The van der Waals surface area contributed by atoms with Gasteiger partial charge < -0.3 is 14.5 Å². The van der Waals surface area contributed by atoms with Crippen LogP contribution in [0.1, 0.15) is 0 Å². The Morgan fingerprint density at radius 3 is 2.81 bits per heavy atom. The first kappa shape index (κ1) is 13.8. The SMILES string of the molecule is COc1cccc(OCCSc2nc3ccccc3[nH]2)c1. The van der Waals surface area contributed by atoms with Crippen molar-refractivity contribution in [1.29, 1.82) is 0 Å². The molecule has 0 amide bonds. The van der Waals surface area contributed by atoms with Crippen LogP contribution in [-0.2, 0) is 0 Å². The van der Waals surface area contributed by atoms with Crippen LogP contribution >= 0.6 is 11.8 Å². The van der Waals surface area contributed by atoms with Gasteiger partial charge in [0, 0.05) is 11.8 Å². The van der Waals surface area contributed by atoms with E-state index in [9.17, 15) is 0 Å². The van der Waals surface area contributed by atoms with Crippen LogP contribution in [0.3, 0.4) is 0 Å². The third kappa shape index (κ3) is 3.49. The van der Waals surface area contributed by atoms with Crippen molar-refractivity contribution in [3.8, 4) is 11.5 Å². The van der Waals surface area contributed by atoms with E-state index < -0.39 is 0 Å². The predicted octanol–water partition coefficient (Wildman–Crippen LogP) is 3.74. The van der Waals surface area contributed by atoms with Gasteiger partial charge in [-0.3, -0.25) is 0 Å². The molecule has 108 valence electrons. The molecule has 1 N–H and O–H groups in total. The molecule has 5 heteroatoms. The average molecular weight is 300 g/mol. The van der Waals surface area contributed by atoms with Gasteiger partial charge in [0.05, 0.1) is 24.8 Å². The Kier molecular flexibility index (Phi) is 4.31. The first-order valence-corrected chi connectivity index (χ1v) is 7.68. The minimum atomic E-state index is 0.620. The summed E-state index contributed by atoms with van der Waals surface area (Å²) in [5, 5.41) is 0.922. The molecule has 0 aliphatic rings. The maximum absolute atomic E-state index is 5.70. The van der Waals surface area contributed by atoms with Crippen molar-refractivity contribution >= 4 is 22.8 Å². The van der Waals surface area contributed by atoms with E-state index in [0.29, 0.717) is 6.61 Å². The number of imidazole rings is 1. The molecule has 1 aromatic heterocycles. The summed E-state index contributed by atoms with van der Waals surface area (Å²) in [6, 6.07) is 15.6. The van der Waals surface area contributed by atoms with E-state index >= 15 is 0 Å². The van der Waals surface area contributed by atoms with Crippen molar-refractivity contribution < 1.29 is 9.47 Å². The van der Waals surface area contributed by atoms with Gasteiger partial charge >= 0.3 is 0 Å². The molecule has 0 spiro atoms. The summed E-state index contributed by atoms with van der Waals surface area (Å²) in [6.45, 7) is 0.620. The molecule has 1 heterocycles. The number of fused-ring (bicyclic) bond motifs is 1. The number of nitrogens with zero attached hydrogens (tertiary/aromatic N) is 1. The minimum Gasteiger partial charge on any atom is -0.497 e. The van der Waals surface area contributed by atoms with Gasteiger partial charge in [0.2, 0.25) is 0 Å². The van der Waals surface area contributed by atoms with Crippen molar-refractivity contribution in [2.45, 2.75) is 5.16 Å². The van der Waals surface area contributed by atoms with Crippen molar-refractivity contribution in [1.82, 2.24) is 9.97 Å². The van der Waals surface area contributed by atoms with Crippen molar-refractivity contribution in [2.24, 2.45) is 0 Å². The Bertz CT molecular complexity index is 694. The number of aromatic amines is 1. The molecule has 0 atom stereocenters. The third-order valence-corrected chi connectivity index (χ3v) is 3.84. The molecule has 0 bridgehead atoms. The standard InChI is InChI=1S/C16H16N2O2S/c1-19-12-5-4-6-13(11-12)20-9-10-21-16-17-14-7-2-3-8-15(14)18-16/h2-8,11H,9-10H2,1H3,(H,17,18). The van der Waals surface area contributed by atoms with Gasteiger partial charge in [0.25, 0.3) is 0 Å². The van der Waals surface area contributed by atoms with Crippen molar-refractivity contribution in [3.63, 3.8) is 0 Å². The number of aromatic nitrogens is 2. The zero-order valence-electron chi connectivity index (χ0n) is 11.7. The number of para-hydroxylation sites is 2. The van der Waals surface area contributed by atoms with Gasteiger partial charge in [0.1, 0.15) is 11.5 Å². The van der Waals surface area contributed by atoms with Crippen LogP contribution in [0, 0.1) is 0 Å². The van der Waals surface area contributed by atoms with E-state index in [1.807, 2.05) is 48.5 Å². The first-order chi connectivity index (χ1) is 10.3. The first-order valence-electron chi connectivity index (χ1n) is 6.69. The topological polar surface area (TPSA) is 47.1 Å². The number of hydrogen-bond acceptors (Lipinski definition) is 4. The summed E-state index contributed by atoms with van der Waals surface area (Å²) in [5.41, 5.74) is 2.06. The van der Waals surface area contributed by atoms with E-state index in [4.69, 9.17) is 9.47 Å². The fraction of sp³-hybridized carbons (Fsp3) is 0.188. The lowest BCUT2D eigenvalue weighted by molar-refractivity contribution is 0.339. The molecule has 3 aromatic rings. The maximum atomic E-state index is 5.70. The predicted molar refractivity (Wildman–Crippen MR) is 85.3 cm³/mol. The van der Waals surface area contributed by atoms with Crippen LogP contribution < -0.4 is 9.47 Å². The van der Waals surface area contributed by atoms with Gasteiger partial charge in [0.15, 0.2) is 5.16 Å². The summed E-state index contributed by atoms with van der Waals surface area (Å²) in [6.07, 6.45) is 0. The Balaban J connectivity index is 1.51. The molecule has 3 rings (SSSR count). The molecule has 0 saturated heterocycles. The molecule has 4 nitrogen and oxygen atoms in total. The number of benzene rings is 2. The maximum Gasteiger partial charge on any atom is 0.166 e. The monoisotopic (exact) mass is 300 g/mol. The summed E-state index contributed by atoms with van der Waals surface area (Å²) in [4.78, 5) is 7.81. The zero-order chi connectivity index (χ0) is 14.5. The molecule has 0 radical (unpaired) electrons. The lowest BCUT2D eigenvalue weighted by Crippen LogP contribution is -2.00. The van der Waals surface area contributed by atoms with Crippen LogP contribution in [0.15, 0.2) is 53.7 Å². The van der Waals surface area contributed by atoms with E-state index in [-0.39, 0.29) is 0 Å². The summed E-state index contributed by atoms with van der Waals surface area (Å²) in [7, 11) is 1.65. The van der Waals surface area contributed by atoms with Crippen LogP contribution in [0.2, 0.25) is 0 Å². The third-order valence-electron chi connectivity index (χ3n) is 3.00.